The molecular formula is C22H41N5OS. The highest BCUT2D eigenvalue weighted by molar-refractivity contribution is 8.03. The van der Waals surface area contributed by atoms with Crippen molar-refractivity contribution in [2.24, 2.45) is 11.7 Å². The normalized spacial score (nSPS) is 23.8. The smallest absolute Gasteiger partial charge is 0.200 e. The van der Waals surface area contributed by atoms with Gasteiger partial charge in [-0.1, -0.05) is 26.3 Å². The summed E-state index contributed by atoms with van der Waals surface area (Å²) in [4.78, 5) is 3.28. The van der Waals surface area contributed by atoms with E-state index in [4.69, 9.17) is 10.5 Å². The van der Waals surface area contributed by atoms with Gasteiger partial charge in [0.15, 0.2) is 5.88 Å². The minimum atomic E-state index is 0.126. The number of nitrogens with two attached hydrogens (primary N) is 1. The minimum absolute atomic E-state index is 0.126. The fourth-order valence-corrected chi connectivity index (χ4v) is 5.16. The van der Waals surface area contributed by atoms with E-state index in [1.807, 2.05) is 0 Å². The second-order valence-corrected chi connectivity index (χ2v) is 9.35. The van der Waals surface area contributed by atoms with E-state index in [-0.39, 0.29) is 12.2 Å². The molecule has 0 aromatic carbocycles. The molecule has 0 spiro atoms. The highest BCUT2D eigenvalue weighted by Crippen LogP contribution is 2.39. The van der Waals surface area contributed by atoms with Crippen LogP contribution < -0.4 is 16.5 Å². The summed E-state index contributed by atoms with van der Waals surface area (Å²) in [5.41, 5.74) is 13.7. The summed E-state index contributed by atoms with van der Waals surface area (Å²) in [6, 6.07) is 0.738. The van der Waals surface area contributed by atoms with Crippen molar-refractivity contribution in [3.05, 3.63) is 33.8 Å². The number of methoxy groups -OCH3 is 1. The maximum Gasteiger partial charge on any atom is 0.200 e. The Labute approximate surface area is 181 Å². The summed E-state index contributed by atoms with van der Waals surface area (Å²) in [6.45, 7) is 13.3. The third-order valence-corrected chi connectivity index (χ3v) is 7.08. The first-order chi connectivity index (χ1) is 13.7. The molecule has 2 aliphatic heterocycles. The Bertz CT molecular complexity index is 658. The molecule has 2 rings (SSSR count). The van der Waals surface area contributed by atoms with Crippen molar-refractivity contribution in [3.63, 3.8) is 0 Å². The van der Waals surface area contributed by atoms with Gasteiger partial charge in [-0.3, -0.25) is 9.91 Å². The highest BCUT2D eigenvalue weighted by Gasteiger charge is 2.40. The first-order valence-corrected chi connectivity index (χ1v) is 11.8. The molecule has 166 valence electrons. The number of hydrazine groups is 1. The van der Waals surface area contributed by atoms with Crippen molar-refractivity contribution in [2.45, 2.75) is 79.1 Å². The number of thioether (sulfide) groups is 1. The standard InChI is InChI=1S/C22H41N5OS/c1-9-11-17(10-2)18-12-15(5)25-27-19(16(6)24-22(18)27)20(21(23)28-8)29-13-26(7)14(3)4/h12,14-15,17,22,24-25H,9-11,13,23H2,1-8H3/b21-20+. The monoisotopic (exact) mass is 423 g/mol. The number of hydrogen-bond donors (Lipinski definition) is 3. The van der Waals surface area contributed by atoms with Crippen LogP contribution in [-0.2, 0) is 4.74 Å². The highest BCUT2D eigenvalue weighted by atomic mass is 32.2. The van der Waals surface area contributed by atoms with E-state index in [0.717, 1.165) is 28.6 Å². The average Bonchev–Trinajstić information content (AvgIpc) is 3.01. The number of fused-ring (bicyclic) bond motifs is 1. The van der Waals surface area contributed by atoms with Crippen molar-refractivity contribution < 1.29 is 4.74 Å². The lowest BCUT2D eigenvalue weighted by molar-refractivity contribution is 0.165. The van der Waals surface area contributed by atoms with E-state index in [1.54, 1.807) is 18.9 Å². The van der Waals surface area contributed by atoms with Gasteiger partial charge in [-0.15, -0.1) is 11.8 Å². The van der Waals surface area contributed by atoms with Crippen molar-refractivity contribution in [3.8, 4) is 0 Å². The predicted octanol–water partition coefficient (Wildman–Crippen LogP) is 3.91. The van der Waals surface area contributed by atoms with E-state index in [2.05, 4.69) is 75.3 Å². The van der Waals surface area contributed by atoms with Crippen molar-refractivity contribution in [2.75, 3.05) is 20.0 Å². The van der Waals surface area contributed by atoms with E-state index >= 15 is 0 Å². The second-order valence-electron chi connectivity index (χ2n) is 8.39. The van der Waals surface area contributed by atoms with Crippen LogP contribution in [-0.4, -0.2) is 48.2 Å². The topological polar surface area (TPSA) is 65.8 Å². The molecule has 3 atom stereocenters. The summed E-state index contributed by atoms with van der Waals surface area (Å²) in [5.74, 6) is 1.90. The molecule has 7 heteroatoms. The Morgan fingerprint density at radius 3 is 2.62 bits per heavy atom. The predicted molar refractivity (Wildman–Crippen MR) is 124 cm³/mol. The Morgan fingerprint density at radius 1 is 1.38 bits per heavy atom. The number of nitrogens with one attached hydrogen (secondary N) is 2. The van der Waals surface area contributed by atoms with Gasteiger partial charge in [-0.25, -0.2) is 5.43 Å². The molecule has 0 saturated heterocycles. The first-order valence-electron chi connectivity index (χ1n) is 10.9. The van der Waals surface area contributed by atoms with Crippen LogP contribution in [0.2, 0.25) is 0 Å². The van der Waals surface area contributed by atoms with Gasteiger partial charge in [-0.2, -0.15) is 0 Å². The van der Waals surface area contributed by atoms with E-state index in [1.165, 1.54) is 18.4 Å². The third-order valence-electron chi connectivity index (χ3n) is 5.86. The van der Waals surface area contributed by atoms with Gasteiger partial charge in [0.05, 0.1) is 17.7 Å². The summed E-state index contributed by atoms with van der Waals surface area (Å²) in [6.07, 6.45) is 6.09. The summed E-state index contributed by atoms with van der Waals surface area (Å²) < 4.78 is 5.49. The number of allylic oxidation sites excluding steroid dienone is 1. The van der Waals surface area contributed by atoms with Gasteiger partial charge in [0.1, 0.15) is 6.17 Å². The van der Waals surface area contributed by atoms with Crippen LogP contribution in [0.15, 0.2) is 33.8 Å². The lowest BCUT2D eigenvalue weighted by Gasteiger charge is -2.40. The molecule has 0 aromatic heterocycles. The van der Waals surface area contributed by atoms with Crippen LogP contribution in [0, 0.1) is 5.92 Å². The molecule has 0 saturated carbocycles. The molecule has 2 heterocycles. The molecule has 0 amide bonds. The van der Waals surface area contributed by atoms with Gasteiger partial charge < -0.3 is 15.8 Å². The molecule has 29 heavy (non-hydrogen) atoms. The lowest BCUT2D eigenvalue weighted by Crippen LogP contribution is -2.54. The molecule has 0 radical (unpaired) electrons. The first kappa shape index (κ1) is 24.0. The van der Waals surface area contributed by atoms with E-state index in [9.17, 15) is 0 Å². The quantitative estimate of drug-likeness (QED) is 0.280. The van der Waals surface area contributed by atoms with Gasteiger partial charge in [0.2, 0.25) is 0 Å². The Balaban J connectivity index is 2.35. The summed E-state index contributed by atoms with van der Waals surface area (Å²) >= 11 is 1.73. The summed E-state index contributed by atoms with van der Waals surface area (Å²) in [7, 11) is 3.78. The number of ether oxygens (including phenoxy) is 1. The zero-order valence-corrected chi connectivity index (χ0v) is 20.3. The molecule has 0 fully saturated rings. The fourth-order valence-electron chi connectivity index (χ4n) is 3.91. The van der Waals surface area contributed by atoms with Crippen molar-refractivity contribution in [1.82, 2.24) is 20.7 Å². The van der Waals surface area contributed by atoms with Crippen LogP contribution in [0.5, 0.6) is 0 Å². The average molecular weight is 424 g/mol. The molecule has 4 N–H and O–H groups in total. The molecule has 0 aromatic rings. The van der Waals surface area contributed by atoms with Crippen molar-refractivity contribution >= 4 is 11.8 Å². The van der Waals surface area contributed by atoms with E-state index < -0.39 is 0 Å². The Kier molecular flexibility index (Phi) is 8.79. The SMILES string of the molecule is CCCC(CC)C1=CC(C)NN2C(/C(SCN(C)C(C)C)=C(/N)OC)=C(C)NC12. The Hall–Kier alpha value is -1.31. The number of nitrogens with zero attached hydrogens (tertiary/aromatic N) is 2. The minimum Gasteiger partial charge on any atom is -0.482 e. The number of hydrogen-bond acceptors (Lipinski definition) is 7. The molecule has 0 aliphatic carbocycles. The van der Waals surface area contributed by atoms with E-state index in [0.29, 0.717) is 17.8 Å². The van der Waals surface area contributed by atoms with Crippen LogP contribution in [0.4, 0.5) is 0 Å². The largest absolute Gasteiger partial charge is 0.482 e. The zero-order valence-electron chi connectivity index (χ0n) is 19.5. The molecule has 0 bridgehead atoms. The molecule has 3 unspecified atom stereocenters. The molecular weight excluding hydrogens is 382 g/mol. The second kappa shape index (κ2) is 10.6. The van der Waals surface area contributed by atoms with Crippen LogP contribution >= 0.6 is 11.8 Å². The third kappa shape index (κ3) is 5.44. The van der Waals surface area contributed by atoms with Crippen molar-refractivity contribution in [1.29, 1.82) is 0 Å². The maximum atomic E-state index is 6.33. The van der Waals surface area contributed by atoms with Crippen LogP contribution in [0.25, 0.3) is 0 Å². The van der Waals surface area contributed by atoms with Gasteiger partial charge in [-0.05, 0) is 59.1 Å². The summed E-state index contributed by atoms with van der Waals surface area (Å²) in [5, 5.41) is 6.00. The van der Waals surface area contributed by atoms with Gasteiger partial charge in [0.25, 0.3) is 0 Å². The lowest BCUT2D eigenvalue weighted by atomic mass is 9.87. The number of rotatable bonds is 10. The maximum absolute atomic E-state index is 6.33. The fraction of sp³-hybridized carbons (Fsp3) is 0.727. The molecule has 2 aliphatic rings. The zero-order chi connectivity index (χ0) is 21.7. The van der Waals surface area contributed by atoms with Gasteiger partial charge in [0, 0.05) is 23.7 Å². The Morgan fingerprint density at radius 2 is 2.07 bits per heavy atom. The van der Waals surface area contributed by atoms with Crippen LogP contribution in [0.3, 0.4) is 0 Å². The van der Waals surface area contributed by atoms with Crippen LogP contribution in [0.1, 0.15) is 60.8 Å². The van der Waals surface area contributed by atoms with Gasteiger partial charge >= 0.3 is 0 Å². The molecule has 6 nitrogen and oxygen atoms in total.